The number of fused-ring (bicyclic) bond motifs is 2. The summed E-state index contributed by atoms with van der Waals surface area (Å²) in [4.78, 5) is 26.4. The number of rotatable bonds is 6. The van der Waals surface area contributed by atoms with Crippen molar-refractivity contribution in [3.05, 3.63) is 57.8 Å². The van der Waals surface area contributed by atoms with E-state index in [4.69, 9.17) is 0 Å². The van der Waals surface area contributed by atoms with Crippen LogP contribution in [0.3, 0.4) is 0 Å². The van der Waals surface area contributed by atoms with Gasteiger partial charge >= 0.3 is 0 Å². The summed E-state index contributed by atoms with van der Waals surface area (Å²) in [6.07, 6.45) is 6.50. The average Bonchev–Trinajstić information content (AvgIpc) is 3.16. The number of anilines is 1. The lowest BCUT2D eigenvalue weighted by molar-refractivity contribution is 0.110. The molecule has 4 rings (SSSR count). The Kier molecular flexibility index (Phi) is 4.71. The maximum Gasteiger partial charge on any atom is 0.246 e. The minimum atomic E-state index is -0.609. The highest BCUT2D eigenvalue weighted by Gasteiger charge is 2.49. The normalized spacial score (nSPS) is 23.9. The van der Waals surface area contributed by atoms with Crippen LogP contribution in [-0.2, 0) is 13.1 Å². The quantitative estimate of drug-likeness (QED) is 0.748. The van der Waals surface area contributed by atoms with E-state index in [1.807, 2.05) is 0 Å². The van der Waals surface area contributed by atoms with Crippen LogP contribution >= 0.6 is 0 Å². The Bertz CT molecular complexity index is 947. The molecular weight excluding hydrogens is 361 g/mol. The standard InChI is InChI=1S/C21H24FN3O3/c1-24-16-6-8-21(24,9-7-16)13-25-11-17(19(27)20(28)18(25)12-26)23-10-14-2-4-15(22)5-3-14/h2-5,11-12,16,23,28H,6-10,13H2,1H3. The maximum atomic E-state index is 13.1. The van der Waals surface area contributed by atoms with Crippen LogP contribution in [0.15, 0.2) is 35.3 Å². The summed E-state index contributed by atoms with van der Waals surface area (Å²) in [7, 11) is 2.11. The van der Waals surface area contributed by atoms with Crippen LogP contribution in [-0.4, -0.2) is 39.5 Å². The summed E-state index contributed by atoms with van der Waals surface area (Å²) in [5.41, 5.74) is 0.383. The molecule has 0 amide bonds. The van der Waals surface area contributed by atoms with E-state index in [0.717, 1.165) is 31.2 Å². The SMILES string of the molecule is CN1C2CCC1(Cn1cc(NCc3ccc(F)cc3)c(=O)c(O)c1C=O)CC2. The number of benzene rings is 1. The van der Waals surface area contributed by atoms with E-state index in [2.05, 4.69) is 17.3 Å². The smallest absolute Gasteiger partial charge is 0.246 e. The van der Waals surface area contributed by atoms with Gasteiger partial charge in [-0.05, 0) is 50.4 Å². The molecule has 2 bridgehead atoms. The van der Waals surface area contributed by atoms with Crippen LogP contribution in [0.25, 0.3) is 0 Å². The first-order valence-electron chi connectivity index (χ1n) is 9.56. The van der Waals surface area contributed by atoms with Gasteiger partial charge in [-0.2, -0.15) is 0 Å². The van der Waals surface area contributed by atoms with Crippen molar-refractivity contribution in [2.24, 2.45) is 0 Å². The number of aromatic nitrogens is 1. The van der Waals surface area contributed by atoms with E-state index in [1.165, 1.54) is 12.1 Å². The van der Waals surface area contributed by atoms with Gasteiger partial charge in [0.05, 0.1) is 0 Å². The van der Waals surface area contributed by atoms with Crippen molar-refractivity contribution in [3.8, 4) is 5.75 Å². The van der Waals surface area contributed by atoms with Gasteiger partial charge in [0.1, 0.15) is 17.2 Å². The van der Waals surface area contributed by atoms with Crippen LogP contribution in [0.5, 0.6) is 5.75 Å². The Labute approximate surface area is 162 Å². The zero-order valence-corrected chi connectivity index (χ0v) is 15.8. The number of nitrogens with one attached hydrogen (secondary N) is 1. The first kappa shape index (κ1) is 18.7. The molecule has 0 radical (unpaired) electrons. The van der Waals surface area contributed by atoms with E-state index in [1.54, 1.807) is 22.9 Å². The zero-order valence-electron chi connectivity index (χ0n) is 15.8. The largest absolute Gasteiger partial charge is 0.503 e. The van der Waals surface area contributed by atoms with Crippen LogP contribution in [0, 0.1) is 5.82 Å². The highest BCUT2D eigenvalue weighted by Crippen LogP contribution is 2.46. The molecule has 0 spiro atoms. The molecule has 7 heteroatoms. The molecule has 1 aromatic carbocycles. The Hall–Kier alpha value is -2.67. The molecule has 6 nitrogen and oxygen atoms in total. The van der Waals surface area contributed by atoms with E-state index in [0.29, 0.717) is 25.4 Å². The first-order chi connectivity index (χ1) is 13.4. The third-order valence-electron chi connectivity index (χ3n) is 6.45. The molecule has 2 N–H and O–H groups in total. The Balaban J connectivity index is 1.63. The number of likely N-dealkylation sites (N-methyl/N-ethyl adjacent to an activating group) is 1. The maximum absolute atomic E-state index is 13.1. The fourth-order valence-electron chi connectivity index (χ4n) is 4.70. The second-order valence-electron chi connectivity index (χ2n) is 7.90. The van der Waals surface area contributed by atoms with Gasteiger partial charge in [-0.25, -0.2) is 4.39 Å². The molecule has 3 heterocycles. The van der Waals surface area contributed by atoms with Crippen molar-refractivity contribution in [1.29, 1.82) is 0 Å². The lowest BCUT2D eigenvalue weighted by Crippen LogP contribution is -2.42. The number of hydrogen-bond donors (Lipinski definition) is 2. The van der Waals surface area contributed by atoms with Crippen molar-refractivity contribution < 1.29 is 14.3 Å². The number of carbonyl (C=O) groups is 1. The van der Waals surface area contributed by atoms with Gasteiger partial charge in [-0.1, -0.05) is 12.1 Å². The van der Waals surface area contributed by atoms with E-state index < -0.39 is 11.2 Å². The highest BCUT2D eigenvalue weighted by atomic mass is 19.1. The molecule has 2 aromatic rings. The molecule has 148 valence electrons. The summed E-state index contributed by atoms with van der Waals surface area (Å²) >= 11 is 0. The molecule has 28 heavy (non-hydrogen) atoms. The molecular formula is C21H24FN3O3. The molecule has 2 saturated heterocycles. The van der Waals surface area contributed by atoms with Crippen LogP contribution < -0.4 is 10.7 Å². The average molecular weight is 385 g/mol. The number of carbonyl (C=O) groups excluding carboxylic acids is 1. The molecule has 2 aliphatic rings. The van der Waals surface area contributed by atoms with E-state index in [-0.39, 0.29) is 22.7 Å². The van der Waals surface area contributed by atoms with E-state index in [9.17, 15) is 19.1 Å². The predicted molar refractivity (Wildman–Crippen MR) is 104 cm³/mol. The van der Waals surface area contributed by atoms with Crippen molar-refractivity contribution in [2.75, 3.05) is 12.4 Å². The molecule has 0 atom stereocenters. The van der Waals surface area contributed by atoms with Crippen molar-refractivity contribution in [2.45, 2.75) is 50.4 Å². The summed E-state index contributed by atoms with van der Waals surface area (Å²) in [5, 5.41) is 13.3. The van der Waals surface area contributed by atoms with Crippen molar-refractivity contribution in [1.82, 2.24) is 9.47 Å². The summed E-state index contributed by atoms with van der Waals surface area (Å²) in [6, 6.07) is 6.54. The lowest BCUT2D eigenvalue weighted by atomic mass is 9.87. The molecule has 0 unspecified atom stereocenters. The Morgan fingerprint density at radius 3 is 2.54 bits per heavy atom. The van der Waals surface area contributed by atoms with Crippen LogP contribution in [0.2, 0.25) is 0 Å². The Morgan fingerprint density at radius 2 is 1.96 bits per heavy atom. The van der Waals surface area contributed by atoms with Crippen molar-refractivity contribution in [3.63, 3.8) is 0 Å². The fraction of sp³-hybridized carbons (Fsp3) is 0.429. The van der Waals surface area contributed by atoms with Gasteiger partial charge in [0.15, 0.2) is 12.0 Å². The molecule has 0 saturated carbocycles. The second-order valence-corrected chi connectivity index (χ2v) is 7.90. The number of pyridine rings is 1. The highest BCUT2D eigenvalue weighted by molar-refractivity contribution is 5.77. The predicted octanol–water partition coefficient (Wildman–Crippen LogP) is 2.74. The molecule has 0 aliphatic carbocycles. The van der Waals surface area contributed by atoms with Gasteiger partial charge < -0.3 is 15.0 Å². The van der Waals surface area contributed by atoms with Crippen LogP contribution in [0.1, 0.15) is 41.7 Å². The molecule has 2 aliphatic heterocycles. The summed E-state index contributed by atoms with van der Waals surface area (Å²) < 4.78 is 14.8. The van der Waals surface area contributed by atoms with E-state index >= 15 is 0 Å². The first-order valence-corrected chi connectivity index (χ1v) is 9.56. The van der Waals surface area contributed by atoms with Crippen LogP contribution in [0.4, 0.5) is 10.1 Å². The summed E-state index contributed by atoms with van der Waals surface area (Å²) in [6.45, 7) is 0.857. The van der Waals surface area contributed by atoms with Gasteiger partial charge in [-0.3, -0.25) is 14.5 Å². The van der Waals surface area contributed by atoms with Crippen molar-refractivity contribution >= 4 is 12.0 Å². The number of aldehydes is 1. The summed E-state index contributed by atoms with van der Waals surface area (Å²) in [5.74, 6) is -0.861. The van der Waals surface area contributed by atoms with Gasteiger partial charge in [0.25, 0.3) is 0 Å². The molecule has 1 aromatic heterocycles. The lowest BCUT2D eigenvalue weighted by Gasteiger charge is -2.34. The topological polar surface area (TPSA) is 74.6 Å². The zero-order chi connectivity index (χ0) is 19.9. The third kappa shape index (κ3) is 3.09. The number of nitrogens with zero attached hydrogens (tertiary/aromatic N) is 2. The Morgan fingerprint density at radius 1 is 1.29 bits per heavy atom. The van der Waals surface area contributed by atoms with Gasteiger partial charge in [0.2, 0.25) is 5.43 Å². The number of hydrogen-bond acceptors (Lipinski definition) is 5. The monoisotopic (exact) mass is 385 g/mol. The number of aromatic hydroxyl groups is 1. The minimum absolute atomic E-state index is 0.00968. The second kappa shape index (κ2) is 7.05. The fourth-order valence-corrected chi connectivity index (χ4v) is 4.70. The minimum Gasteiger partial charge on any atom is -0.503 e. The van der Waals surface area contributed by atoms with Gasteiger partial charge in [-0.15, -0.1) is 0 Å². The van der Waals surface area contributed by atoms with Gasteiger partial charge in [0, 0.05) is 30.9 Å². The molecule has 2 fully saturated rings. The number of halogens is 1. The third-order valence-corrected chi connectivity index (χ3v) is 6.45.